The van der Waals surface area contributed by atoms with Crippen LogP contribution in [0.4, 0.5) is 5.82 Å². The summed E-state index contributed by atoms with van der Waals surface area (Å²) in [6.45, 7) is 4.59. The van der Waals surface area contributed by atoms with E-state index in [1.165, 1.54) is 5.56 Å². The van der Waals surface area contributed by atoms with Crippen LogP contribution in [0.25, 0.3) is 11.5 Å². The molecule has 0 amide bonds. The number of hydrogen-bond donors (Lipinski definition) is 2. The standard InChI is InChI=1S/C19H23N7/c1-13-11-14(25-24-13)12-26(2)19-15-6-9-20-10-7-16(15)22-18(23-19)17-5-3-4-8-21-17/h3-5,8,11,20H,6-7,9-10,12H2,1-2H3,(H,24,25). The quantitative estimate of drug-likeness (QED) is 0.748. The van der Waals surface area contributed by atoms with Gasteiger partial charge in [-0.3, -0.25) is 10.1 Å². The monoisotopic (exact) mass is 349 g/mol. The minimum atomic E-state index is 0.686. The van der Waals surface area contributed by atoms with Crippen molar-refractivity contribution in [2.24, 2.45) is 0 Å². The molecule has 0 bridgehead atoms. The van der Waals surface area contributed by atoms with E-state index < -0.39 is 0 Å². The highest BCUT2D eigenvalue weighted by Crippen LogP contribution is 2.26. The van der Waals surface area contributed by atoms with E-state index in [0.29, 0.717) is 12.4 Å². The zero-order valence-corrected chi connectivity index (χ0v) is 15.2. The molecule has 0 fully saturated rings. The van der Waals surface area contributed by atoms with Crippen LogP contribution >= 0.6 is 0 Å². The van der Waals surface area contributed by atoms with E-state index in [2.05, 4.69) is 38.5 Å². The number of hydrogen-bond acceptors (Lipinski definition) is 6. The van der Waals surface area contributed by atoms with Gasteiger partial charge in [-0.25, -0.2) is 9.97 Å². The third kappa shape index (κ3) is 3.43. The number of rotatable bonds is 4. The number of anilines is 1. The second-order valence-electron chi connectivity index (χ2n) is 6.66. The Labute approximate surface area is 152 Å². The summed E-state index contributed by atoms with van der Waals surface area (Å²) in [4.78, 5) is 16.3. The minimum absolute atomic E-state index is 0.686. The Morgan fingerprint density at radius 2 is 2.04 bits per heavy atom. The van der Waals surface area contributed by atoms with Crippen LogP contribution < -0.4 is 10.2 Å². The Kier molecular flexibility index (Phi) is 4.62. The summed E-state index contributed by atoms with van der Waals surface area (Å²) in [6.07, 6.45) is 3.61. The van der Waals surface area contributed by atoms with Gasteiger partial charge in [-0.2, -0.15) is 5.10 Å². The second kappa shape index (κ2) is 7.21. The van der Waals surface area contributed by atoms with Gasteiger partial charge in [-0.15, -0.1) is 0 Å². The summed E-state index contributed by atoms with van der Waals surface area (Å²) in [6, 6.07) is 7.90. The molecule has 3 aromatic heterocycles. The van der Waals surface area contributed by atoms with Crippen molar-refractivity contribution in [3.63, 3.8) is 0 Å². The molecule has 1 aliphatic heterocycles. The lowest BCUT2D eigenvalue weighted by molar-refractivity contribution is 0.708. The zero-order valence-electron chi connectivity index (χ0n) is 15.2. The lowest BCUT2D eigenvalue weighted by atomic mass is 10.1. The normalized spacial score (nSPS) is 13.9. The highest BCUT2D eigenvalue weighted by Gasteiger charge is 2.20. The van der Waals surface area contributed by atoms with Crippen LogP contribution in [0.15, 0.2) is 30.5 Å². The number of nitrogens with one attached hydrogen (secondary N) is 2. The Bertz CT molecular complexity index is 888. The van der Waals surface area contributed by atoms with Crippen LogP contribution in [0.2, 0.25) is 0 Å². The molecule has 1 aliphatic rings. The maximum atomic E-state index is 4.89. The number of aryl methyl sites for hydroxylation is 1. The fraction of sp³-hybridized carbons (Fsp3) is 0.368. The summed E-state index contributed by atoms with van der Waals surface area (Å²) in [5.41, 5.74) is 5.21. The predicted octanol–water partition coefficient (Wildman–Crippen LogP) is 1.89. The number of H-pyrrole nitrogens is 1. The van der Waals surface area contributed by atoms with Crippen molar-refractivity contribution in [2.45, 2.75) is 26.3 Å². The van der Waals surface area contributed by atoms with Gasteiger partial charge in [0.2, 0.25) is 0 Å². The first kappa shape index (κ1) is 16.7. The summed E-state index contributed by atoms with van der Waals surface area (Å²) >= 11 is 0. The molecule has 7 heteroatoms. The second-order valence-corrected chi connectivity index (χ2v) is 6.66. The van der Waals surface area contributed by atoms with E-state index in [-0.39, 0.29) is 0 Å². The Morgan fingerprint density at radius 1 is 1.15 bits per heavy atom. The fourth-order valence-electron chi connectivity index (χ4n) is 3.32. The van der Waals surface area contributed by atoms with Gasteiger partial charge in [-0.1, -0.05) is 6.07 Å². The van der Waals surface area contributed by atoms with Gasteiger partial charge in [0, 0.05) is 37.5 Å². The van der Waals surface area contributed by atoms with Crippen molar-refractivity contribution >= 4 is 5.82 Å². The molecule has 3 aromatic rings. The van der Waals surface area contributed by atoms with Crippen LogP contribution in [0.5, 0.6) is 0 Å². The average molecular weight is 349 g/mol. The van der Waals surface area contributed by atoms with Crippen molar-refractivity contribution in [3.05, 3.63) is 53.1 Å². The van der Waals surface area contributed by atoms with Gasteiger partial charge in [0.25, 0.3) is 0 Å². The molecule has 0 saturated heterocycles. The van der Waals surface area contributed by atoms with Gasteiger partial charge in [0.1, 0.15) is 11.5 Å². The third-order valence-corrected chi connectivity index (χ3v) is 4.57. The Hall–Kier alpha value is -2.80. The number of aromatic amines is 1. The Morgan fingerprint density at radius 3 is 2.81 bits per heavy atom. The number of aromatic nitrogens is 5. The van der Waals surface area contributed by atoms with Crippen molar-refractivity contribution in [1.82, 2.24) is 30.5 Å². The van der Waals surface area contributed by atoms with E-state index in [0.717, 1.165) is 54.5 Å². The molecule has 0 spiro atoms. The highest BCUT2D eigenvalue weighted by atomic mass is 15.2. The van der Waals surface area contributed by atoms with E-state index in [1.54, 1.807) is 6.20 Å². The SMILES string of the molecule is Cc1cc(CN(C)c2nc(-c3ccccn3)nc3c2CCNCC3)n[nH]1. The molecule has 4 heterocycles. The van der Waals surface area contributed by atoms with Crippen molar-refractivity contribution in [2.75, 3.05) is 25.0 Å². The molecule has 0 aromatic carbocycles. The topological polar surface area (TPSA) is 82.6 Å². The van der Waals surface area contributed by atoms with E-state index in [1.807, 2.05) is 25.1 Å². The van der Waals surface area contributed by atoms with Crippen LogP contribution in [0, 0.1) is 6.92 Å². The molecular weight excluding hydrogens is 326 g/mol. The number of fused-ring (bicyclic) bond motifs is 1. The van der Waals surface area contributed by atoms with Gasteiger partial charge in [-0.05, 0) is 38.1 Å². The first-order valence-corrected chi connectivity index (χ1v) is 8.94. The third-order valence-electron chi connectivity index (χ3n) is 4.57. The van der Waals surface area contributed by atoms with Gasteiger partial charge < -0.3 is 10.2 Å². The van der Waals surface area contributed by atoms with Crippen LogP contribution in [0.3, 0.4) is 0 Å². The highest BCUT2D eigenvalue weighted by molar-refractivity contribution is 5.58. The summed E-state index contributed by atoms with van der Waals surface area (Å²) < 4.78 is 0. The van der Waals surface area contributed by atoms with Crippen molar-refractivity contribution in [1.29, 1.82) is 0 Å². The van der Waals surface area contributed by atoms with Crippen molar-refractivity contribution in [3.8, 4) is 11.5 Å². The maximum absolute atomic E-state index is 4.89. The number of nitrogens with zero attached hydrogens (tertiary/aromatic N) is 5. The van der Waals surface area contributed by atoms with Crippen molar-refractivity contribution < 1.29 is 0 Å². The molecule has 0 saturated carbocycles. The van der Waals surface area contributed by atoms with E-state index in [9.17, 15) is 0 Å². The first-order valence-electron chi connectivity index (χ1n) is 8.94. The molecule has 7 nitrogen and oxygen atoms in total. The lowest BCUT2D eigenvalue weighted by Gasteiger charge is -2.22. The average Bonchev–Trinajstić information content (AvgIpc) is 2.92. The largest absolute Gasteiger partial charge is 0.353 e. The molecule has 0 unspecified atom stereocenters. The smallest absolute Gasteiger partial charge is 0.180 e. The molecule has 0 radical (unpaired) electrons. The van der Waals surface area contributed by atoms with Crippen LogP contribution in [-0.4, -0.2) is 45.3 Å². The van der Waals surface area contributed by atoms with E-state index in [4.69, 9.17) is 9.97 Å². The van der Waals surface area contributed by atoms with Crippen LogP contribution in [-0.2, 0) is 19.4 Å². The molecule has 4 rings (SSSR count). The molecule has 0 atom stereocenters. The zero-order chi connectivity index (χ0) is 17.9. The van der Waals surface area contributed by atoms with Gasteiger partial charge >= 0.3 is 0 Å². The van der Waals surface area contributed by atoms with Gasteiger partial charge in [0.15, 0.2) is 5.82 Å². The summed E-state index contributed by atoms with van der Waals surface area (Å²) in [5.74, 6) is 1.66. The molecule has 0 aliphatic carbocycles. The summed E-state index contributed by atoms with van der Waals surface area (Å²) in [7, 11) is 2.06. The van der Waals surface area contributed by atoms with Gasteiger partial charge in [0.05, 0.1) is 17.9 Å². The number of pyridine rings is 1. The maximum Gasteiger partial charge on any atom is 0.180 e. The molecular formula is C19H23N7. The Balaban J connectivity index is 1.75. The minimum Gasteiger partial charge on any atom is -0.353 e. The lowest BCUT2D eigenvalue weighted by Crippen LogP contribution is -2.22. The first-order chi connectivity index (χ1) is 12.7. The fourth-order valence-corrected chi connectivity index (χ4v) is 3.32. The predicted molar refractivity (Wildman–Crippen MR) is 101 cm³/mol. The molecule has 26 heavy (non-hydrogen) atoms. The van der Waals surface area contributed by atoms with E-state index >= 15 is 0 Å². The molecule has 134 valence electrons. The van der Waals surface area contributed by atoms with Crippen LogP contribution in [0.1, 0.15) is 22.6 Å². The summed E-state index contributed by atoms with van der Waals surface area (Å²) in [5, 5.41) is 10.8. The molecule has 2 N–H and O–H groups in total.